The van der Waals surface area contributed by atoms with Crippen molar-refractivity contribution in [3.63, 3.8) is 0 Å². The third-order valence-corrected chi connectivity index (χ3v) is 6.29. The van der Waals surface area contributed by atoms with Crippen LogP contribution in [0.25, 0.3) is 0 Å². The van der Waals surface area contributed by atoms with Gasteiger partial charge in [0, 0.05) is 11.6 Å². The summed E-state index contributed by atoms with van der Waals surface area (Å²) in [5.41, 5.74) is 1.28. The van der Waals surface area contributed by atoms with Crippen molar-refractivity contribution in [1.82, 2.24) is 5.32 Å². The molecular weight excluding hydrogens is 336 g/mol. The largest absolute Gasteiger partial charge is 0.326 e. The zero-order valence-electron chi connectivity index (χ0n) is 14.1. The summed E-state index contributed by atoms with van der Waals surface area (Å²) < 4.78 is 25.0. The Morgan fingerprint density at radius 1 is 1.16 bits per heavy atom. The van der Waals surface area contributed by atoms with Gasteiger partial charge in [-0.3, -0.25) is 4.79 Å². The quantitative estimate of drug-likeness (QED) is 0.832. The maximum atomic E-state index is 12.5. The van der Waals surface area contributed by atoms with E-state index in [0.29, 0.717) is 22.1 Å². The summed E-state index contributed by atoms with van der Waals surface area (Å²) in [5.74, 6) is 0.164. The number of carbonyl (C=O) groups excluding carboxylic acids is 1. The number of carbonyl (C=O) groups is 1. The summed E-state index contributed by atoms with van der Waals surface area (Å²) in [4.78, 5) is 12.6. The molecule has 0 bridgehead atoms. The van der Waals surface area contributed by atoms with Crippen LogP contribution in [0.4, 0.5) is 5.69 Å². The first-order valence-electron chi connectivity index (χ1n) is 8.34. The van der Waals surface area contributed by atoms with Gasteiger partial charge in [-0.05, 0) is 48.8 Å². The lowest BCUT2D eigenvalue weighted by molar-refractivity contribution is -0.121. The molecule has 3 rings (SSSR count). The summed E-state index contributed by atoms with van der Waals surface area (Å²) >= 11 is 0. The van der Waals surface area contributed by atoms with E-state index in [-0.39, 0.29) is 17.6 Å². The second-order valence-corrected chi connectivity index (χ2v) is 8.46. The Bertz CT molecular complexity index is 846. The maximum Gasteiger partial charge on any atom is 0.227 e. The lowest BCUT2D eigenvalue weighted by Crippen LogP contribution is -2.48. The average Bonchev–Trinajstić information content (AvgIpc) is 2.54. The molecule has 1 heterocycles. The van der Waals surface area contributed by atoms with Crippen LogP contribution in [-0.2, 0) is 20.4 Å². The minimum absolute atomic E-state index is 0.0328. The van der Waals surface area contributed by atoms with Crippen molar-refractivity contribution in [3.8, 4) is 0 Å². The molecule has 5 nitrogen and oxygen atoms in total. The minimum Gasteiger partial charge on any atom is -0.326 e. The number of anilines is 1. The lowest BCUT2D eigenvalue weighted by atomic mass is 9.88. The zero-order valence-corrected chi connectivity index (χ0v) is 14.9. The molecule has 1 amide bonds. The summed E-state index contributed by atoms with van der Waals surface area (Å²) in [5, 5.41) is 6.06. The molecule has 1 atom stereocenters. The van der Waals surface area contributed by atoms with E-state index in [2.05, 4.69) is 10.6 Å². The molecule has 1 aliphatic rings. The molecule has 1 unspecified atom stereocenters. The van der Waals surface area contributed by atoms with Gasteiger partial charge in [-0.15, -0.1) is 0 Å². The van der Waals surface area contributed by atoms with E-state index in [0.717, 1.165) is 13.1 Å². The number of rotatable bonds is 6. The van der Waals surface area contributed by atoms with Crippen LogP contribution in [0.3, 0.4) is 0 Å². The highest BCUT2D eigenvalue weighted by Crippen LogP contribution is 2.21. The van der Waals surface area contributed by atoms with E-state index < -0.39 is 9.84 Å². The molecule has 132 valence electrons. The molecule has 0 aromatic heterocycles. The van der Waals surface area contributed by atoms with Gasteiger partial charge in [-0.2, -0.15) is 0 Å². The molecule has 6 heteroatoms. The molecule has 1 saturated heterocycles. The molecule has 25 heavy (non-hydrogen) atoms. The average molecular weight is 358 g/mol. The van der Waals surface area contributed by atoms with Gasteiger partial charge in [0.25, 0.3) is 0 Å². The molecule has 0 spiro atoms. The van der Waals surface area contributed by atoms with Gasteiger partial charge >= 0.3 is 0 Å². The van der Waals surface area contributed by atoms with Crippen molar-refractivity contribution in [3.05, 3.63) is 60.2 Å². The fourth-order valence-electron chi connectivity index (χ4n) is 2.80. The highest BCUT2D eigenvalue weighted by molar-refractivity contribution is 7.90. The van der Waals surface area contributed by atoms with E-state index in [1.54, 1.807) is 54.6 Å². The predicted molar refractivity (Wildman–Crippen MR) is 97.9 cm³/mol. The van der Waals surface area contributed by atoms with Crippen LogP contribution < -0.4 is 10.6 Å². The van der Waals surface area contributed by atoms with Crippen LogP contribution in [0.15, 0.2) is 59.5 Å². The third-order valence-electron chi connectivity index (χ3n) is 4.59. The second-order valence-electron chi connectivity index (χ2n) is 6.47. The molecule has 1 fully saturated rings. The van der Waals surface area contributed by atoms with Crippen LogP contribution in [-0.4, -0.2) is 27.4 Å². The first-order chi connectivity index (χ1) is 12.0. The SMILES string of the molecule is CC(C(=O)Nc1cccc(CS(=O)(=O)c2ccccc2)c1)C1CNC1. The Morgan fingerprint density at radius 2 is 1.88 bits per heavy atom. The number of sulfone groups is 1. The monoisotopic (exact) mass is 358 g/mol. The topological polar surface area (TPSA) is 75.3 Å². The molecule has 1 aliphatic heterocycles. The Labute approximate surface area is 148 Å². The fraction of sp³-hybridized carbons (Fsp3) is 0.316. The Balaban J connectivity index is 1.70. The van der Waals surface area contributed by atoms with E-state index >= 15 is 0 Å². The summed E-state index contributed by atoms with van der Waals surface area (Å²) in [6.07, 6.45) is 0. The lowest BCUT2D eigenvalue weighted by Gasteiger charge is -2.31. The van der Waals surface area contributed by atoms with Crippen molar-refractivity contribution >= 4 is 21.4 Å². The van der Waals surface area contributed by atoms with Crippen LogP contribution in [0.5, 0.6) is 0 Å². The third kappa shape index (κ3) is 4.27. The van der Waals surface area contributed by atoms with Crippen molar-refractivity contribution < 1.29 is 13.2 Å². The van der Waals surface area contributed by atoms with E-state index in [4.69, 9.17) is 0 Å². The maximum absolute atomic E-state index is 12.5. The Hall–Kier alpha value is -2.18. The van der Waals surface area contributed by atoms with Crippen molar-refractivity contribution in [2.45, 2.75) is 17.6 Å². The molecule has 0 radical (unpaired) electrons. The summed E-state index contributed by atoms with van der Waals surface area (Å²) in [7, 11) is -3.40. The van der Waals surface area contributed by atoms with Crippen LogP contribution in [0.2, 0.25) is 0 Å². The van der Waals surface area contributed by atoms with Crippen molar-refractivity contribution in [2.24, 2.45) is 11.8 Å². The Morgan fingerprint density at radius 3 is 2.52 bits per heavy atom. The van der Waals surface area contributed by atoms with Gasteiger partial charge in [-0.1, -0.05) is 37.3 Å². The van der Waals surface area contributed by atoms with Gasteiger partial charge in [0.1, 0.15) is 0 Å². The molecule has 2 aromatic carbocycles. The van der Waals surface area contributed by atoms with Crippen LogP contribution >= 0.6 is 0 Å². The predicted octanol–water partition coefficient (Wildman–Crippen LogP) is 2.45. The van der Waals surface area contributed by atoms with E-state index in [1.807, 2.05) is 6.92 Å². The minimum atomic E-state index is -3.40. The first-order valence-corrected chi connectivity index (χ1v) is 9.99. The van der Waals surface area contributed by atoms with Gasteiger partial charge in [0.2, 0.25) is 5.91 Å². The van der Waals surface area contributed by atoms with Crippen molar-refractivity contribution in [2.75, 3.05) is 18.4 Å². The van der Waals surface area contributed by atoms with Gasteiger partial charge in [0.05, 0.1) is 10.6 Å². The first kappa shape index (κ1) is 17.6. The van der Waals surface area contributed by atoms with Crippen molar-refractivity contribution in [1.29, 1.82) is 0 Å². The molecular formula is C19H22N2O3S. The van der Waals surface area contributed by atoms with Gasteiger partial charge in [0.15, 0.2) is 9.84 Å². The standard InChI is InChI=1S/C19H22N2O3S/c1-14(16-11-20-12-16)19(22)21-17-7-5-6-15(10-17)13-25(23,24)18-8-3-2-4-9-18/h2-10,14,16,20H,11-13H2,1H3,(H,21,22). The number of hydrogen-bond donors (Lipinski definition) is 2. The normalized spacial score (nSPS) is 16.0. The Kier molecular flexibility index (Phi) is 5.20. The number of amides is 1. The van der Waals surface area contributed by atoms with Crippen LogP contribution in [0, 0.1) is 11.8 Å². The highest BCUT2D eigenvalue weighted by atomic mass is 32.2. The summed E-state index contributed by atoms with van der Waals surface area (Å²) in [6.45, 7) is 3.65. The number of hydrogen-bond acceptors (Lipinski definition) is 4. The molecule has 0 saturated carbocycles. The molecule has 2 aromatic rings. The van der Waals surface area contributed by atoms with Crippen LogP contribution in [0.1, 0.15) is 12.5 Å². The van der Waals surface area contributed by atoms with E-state index in [1.165, 1.54) is 0 Å². The fourth-order valence-corrected chi connectivity index (χ4v) is 4.16. The zero-order chi connectivity index (χ0) is 17.9. The van der Waals surface area contributed by atoms with E-state index in [9.17, 15) is 13.2 Å². The number of nitrogens with one attached hydrogen (secondary N) is 2. The van der Waals surface area contributed by atoms with Gasteiger partial charge < -0.3 is 10.6 Å². The molecule has 2 N–H and O–H groups in total. The smallest absolute Gasteiger partial charge is 0.227 e. The second kappa shape index (κ2) is 7.37. The number of benzene rings is 2. The van der Waals surface area contributed by atoms with Gasteiger partial charge in [-0.25, -0.2) is 8.42 Å². The molecule has 0 aliphatic carbocycles. The summed E-state index contributed by atoms with van der Waals surface area (Å²) in [6, 6.07) is 15.4. The highest BCUT2D eigenvalue weighted by Gasteiger charge is 2.28.